The second kappa shape index (κ2) is 7.19. The third-order valence-corrected chi connectivity index (χ3v) is 4.98. The highest BCUT2D eigenvalue weighted by atomic mass is 16.4. The van der Waals surface area contributed by atoms with Crippen molar-refractivity contribution >= 4 is 17.5 Å². The highest BCUT2D eigenvalue weighted by Crippen LogP contribution is 2.28. The van der Waals surface area contributed by atoms with E-state index in [1.54, 1.807) is 42.6 Å². The Morgan fingerprint density at radius 1 is 1.22 bits per heavy atom. The minimum atomic E-state index is -1.19. The number of carbonyl (C=O) groups is 2. The second-order valence-electron chi connectivity index (χ2n) is 6.60. The number of benzene rings is 1. The molecule has 140 valence electrons. The van der Waals surface area contributed by atoms with E-state index in [0.717, 1.165) is 5.69 Å². The molecule has 3 rings (SSSR count). The van der Waals surface area contributed by atoms with Crippen LogP contribution in [0.1, 0.15) is 40.7 Å². The molecular formula is C20H22N4O3. The number of hydrogen-bond acceptors (Lipinski definition) is 4. The van der Waals surface area contributed by atoms with Gasteiger partial charge in [-0.1, -0.05) is 37.3 Å². The standard InChI is InChI=1S/C20H22N4O3/c1-4-20(19(26)27,15-8-6-5-7-9-15)12-22-18(25)16-11-21-17-10-13(2)23-24(17)14(16)3/h5-11H,4,12H2,1-3H3,(H,22,25)(H,26,27). The van der Waals surface area contributed by atoms with E-state index in [4.69, 9.17) is 0 Å². The summed E-state index contributed by atoms with van der Waals surface area (Å²) < 4.78 is 1.62. The topological polar surface area (TPSA) is 96.6 Å². The van der Waals surface area contributed by atoms with Gasteiger partial charge in [0.2, 0.25) is 0 Å². The molecular weight excluding hydrogens is 344 g/mol. The molecule has 7 heteroatoms. The Kier molecular flexibility index (Phi) is 4.94. The van der Waals surface area contributed by atoms with Crippen LogP contribution in [0.5, 0.6) is 0 Å². The molecule has 1 atom stereocenters. The predicted molar refractivity (Wildman–Crippen MR) is 101 cm³/mol. The Labute approximate surface area is 157 Å². The summed E-state index contributed by atoms with van der Waals surface area (Å²) in [5.41, 5.74) is 1.97. The fraction of sp³-hybridized carbons (Fsp3) is 0.300. The third kappa shape index (κ3) is 3.28. The Balaban J connectivity index is 1.89. The van der Waals surface area contributed by atoms with Gasteiger partial charge in [-0.2, -0.15) is 5.10 Å². The quantitative estimate of drug-likeness (QED) is 0.699. The summed E-state index contributed by atoms with van der Waals surface area (Å²) >= 11 is 0. The van der Waals surface area contributed by atoms with Crippen molar-refractivity contribution in [3.63, 3.8) is 0 Å². The molecule has 27 heavy (non-hydrogen) atoms. The van der Waals surface area contributed by atoms with Crippen LogP contribution in [-0.4, -0.2) is 38.1 Å². The lowest BCUT2D eigenvalue weighted by Gasteiger charge is -2.29. The number of hydrogen-bond donors (Lipinski definition) is 2. The van der Waals surface area contributed by atoms with Crippen LogP contribution in [-0.2, 0) is 10.2 Å². The summed E-state index contributed by atoms with van der Waals surface area (Å²) in [7, 11) is 0. The zero-order valence-corrected chi connectivity index (χ0v) is 15.6. The summed E-state index contributed by atoms with van der Waals surface area (Å²) in [6.45, 7) is 5.43. The van der Waals surface area contributed by atoms with Gasteiger partial charge in [-0.25, -0.2) is 9.50 Å². The molecule has 3 aromatic rings. The van der Waals surface area contributed by atoms with Crippen LogP contribution in [0.4, 0.5) is 0 Å². The van der Waals surface area contributed by atoms with E-state index in [1.165, 1.54) is 6.20 Å². The van der Waals surface area contributed by atoms with E-state index in [-0.39, 0.29) is 12.5 Å². The van der Waals surface area contributed by atoms with Gasteiger partial charge in [-0.05, 0) is 25.8 Å². The summed E-state index contributed by atoms with van der Waals surface area (Å²) in [5.74, 6) is -1.34. The number of aromatic nitrogens is 3. The number of rotatable bonds is 6. The SMILES string of the molecule is CCC(CNC(=O)c1cnc2cc(C)nn2c1C)(C(=O)O)c1ccccc1. The van der Waals surface area contributed by atoms with Gasteiger partial charge >= 0.3 is 5.97 Å². The number of nitrogens with zero attached hydrogens (tertiary/aromatic N) is 3. The highest BCUT2D eigenvalue weighted by Gasteiger charge is 2.39. The second-order valence-corrected chi connectivity index (χ2v) is 6.60. The molecule has 0 bridgehead atoms. The van der Waals surface area contributed by atoms with Crippen LogP contribution in [0, 0.1) is 13.8 Å². The summed E-state index contributed by atoms with van der Waals surface area (Å²) in [5, 5.41) is 17.0. The van der Waals surface area contributed by atoms with Crippen molar-refractivity contribution in [2.75, 3.05) is 6.54 Å². The smallest absolute Gasteiger partial charge is 0.315 e. The number of carbonyl (C=O) groups excluding carboxylic acids is 1. The first-order valence-corrected chi connectivity index (χ1v) is 8.78. The predicted octanol–water partition coefficient (Wildman–Crippen LogP) is 2.51. The highest BCUT2D eigenvalue weighted by molar-refractivity contribution is 5.95. The summed E-state index contributed by atoms with van der Waals surface area (Å²) in [6.07, 6.45) is 1.85. The van der Waals surface area contributed by atoms with Crippen LogP contribution in [0.15, 0.2) is 42.6 Å². The van der Waals surface area contributed by atoms with E-state index in [1.807, 2.05) is 19.1 Å². The maximum atomic E-state index is 12.7. The first-order valence-electron chi connectivity index (χ1n) is 8.78. The molecule has 0 aliphatic carbocycles. The maximum Gasteiger partial charge on any atom is 0.315 e. The van der Waals surface area contributed by atoms with Gasteiger partial charge < -0.3 is 10.4 Å². The average molecular weight is 366 g/mol. The number of carboxylic acids is 1. The summed E-state index contributed by atoms with van der Waals surface area (Å²) in [6, 6.07) is 10.8. The minimum absolute atomic E-state index is 0.0166. The van der Waals surface area contributed by atoms with E-state index in [9.17, 15) is 14.7 Å². The van der Waals surface area contributed by atoms with Crippen molar-refractivity contribution in [3.05, 3.63) is 65.1 Å². The van der Waals surface area contributed by atoms with Crippen LogP contribution in [0.25, 0.3) is 5.65 Å². The van der Waals surface area contributed by atoms with Gasteiger partial charge in [-0.3, -0.25) is 9.59 Å². The number of nitrogens with one attached hydrogen (secondary N) is 1. The molecule has 2 aromatic heterocycles. The van der Waals surface area contributed by atoms with Gasteiger partial charge in [0.1, 0.15) is 5.41 Å². The lowest BCUT2D eigenvalue weighted by molar-refractivity contribution is -0.143. The molecule has 2 N–H and O–H groups in total. The number of aryl methyl sites for hydroxylation is 2. The fourth-order valence-corrected chi connectivity index (χ4v) is 3.25. The zero-order chi connectivity index (χ0) is 19.6. The van der Waals surface area contributed by atoms with E-state index in [2.05, 4.69) is 15.4 Å². The molecule has 0 saturated heterocycles. The molecule has 0 spiro atoms. The first-order chi connectivity index (χ1) is 12.9. The Hall–Kier alpha value is -3.22. The zero-order valence-electron chi connectivity index (χ0n) is 15.6. The molecule has 0 aliphatic heterocycles. The van der Waals surface area contributed by atoms with Crippen molar-refractivity contribution in [3.8, 4) is 0 Å². The molecule has 1 unspecified atom stereocenters. The number of fused-ring (bicyclic) bond motifs is 1. The van der Waals surface area contributed by atoms with Crippen LogP contribution >= 0.6 is 0 Å². The fourth-order valence-electron chi connectivity index (χ4n) is 3.25. The minimum Gasteiger partial charge on any atom is -0.481 e. The molecule has 7 nitrogen and oxygen atoms in total. The van der Waals surface area contributed by atoms with Crippen molar-refractivity contribution in [1.29, 1.82) is 0 Å². The van der Waals surface area contributed by atoms with Gasteiger partial charge in [0.25, 0.3) is 5.91 Å². The van der Waals surface area contributed by atoms with E-state index < -0.39 is 11.4 Å². The lowest BCUT2D eigenvalue weighted by Crippen LogP contribution is -2.46. The first kappa shape index (κ1) is 18.6. The Bertz CT molecular complexity index is 997. The molecule has 1 amide bonds. The Morgan fingerprint density at radius 2 is 1.93 bits per heavy atom. The van der Waals surface area contributed by atoms with E-state index in [0.29, 0.717) is 28.9 Å². The van der Waals surface area contributed by atoms with Crippen LogP contribution in [0.2, 0.25) is 0 Å². The van der Waals surface area contributed by atoms with Gasteiger partial charge in [-0.15, -0.1) is 0 Å². The van der Waals surface area contributed by atoms with Crippen molar-refractivity contribution in [2.24, 2.45) is 0 Å². The average Bonchev–Trinajstić information content (AvgIpc) is 3.05. The molecule has 1 aromatic carbocycles. The van der Waals surface area contributed by atoms with Crippen molar-refractivity contribution in [1.82, 2.24) is 19.9 Å². The monoisotopic (exact) mass is 366 g/mol. The van der Waals surface area contributed by atoms with Crippen molar-refractivity contribution < 1.29 is 14.7 Å². The molecule has 0 radical (unpaired) electrons. The van der Waals surface area contributed by atoms with Crippen LogP contribution in [0.3, 0.4) is 0 Å². The molecule has 2 heterocycles. The maximum absolute atomic E-state index is 12.7. The van der Waals surface area contributed by atoms with Gasteiger partial charge in [0.15, 0.2) is 5.65 Å². The largest absolute Gasteiger partial charge is 0.481 e. The molecule has 0 saturated carbocycles. The van der Waals surface area contributed by atoms with Crippen molar-refractivity contribution in [2.45, 2.75) is 32.6 Å². The molecule has 0 aliphatic rings. The number of aliphatic carboxylic acids is 1. The Morgan fingerprint density at radius 3 is 2.56 bits per heavy atom. The van der Waals surface area contributed by atoms with Crippen LogP contribution < -0.4 is 5.32 Å². The number of amides is 1. The van der Waals surface area contributed by atoms with E-state index >= 15 is 0 Å². The molecule has 0 fully saturated rings. The third-order valence-electron chi connectivity index (χ3n) is 4.98. The summed E-state index contributed by atoms with van der Waals surface area (Å²) in [4.78, 5) is 29.1. The normalized spacial score (nSPS) is 13.3. The van der Waals surface area contributed by atoms with Gasteiger partial charge in [0, 0.05) is 18.8 Å². The van der Waals surface area contributed by atoms with Gasteiger partial charge in [0.05, 0.1) is 17.0 Å². The lowest BCUT2D eigenvalue weighted by atomic mass is 9.78. The number of carboxylic acid groups (broad SMARTS) is 1.